The molecule has 1 aromatic heterocycles. The van der Waals surface area contributed by atoms with Crippen LogP contribution in [0.5, 0.6) is 0 Å². The first-order valence-electron chi connectivity index (χ1n) is 5.00. The first kappa shape index (κ1) is 12.3. The number of carbonyl (C=O) groups excluding carboxylic acids is 1. The Labute approximate surface area is 95.2 Å². The van der Waals surface area contributed by atoms with Gasteiger partial charge in [0.25, 0.3) is 0 Å². The summed E-state index contributed by atoms with van der Waals surface area (Å²) < 4.78 is 1.88. The van der Waals surface area contributed by atoms with Crippen LogP contribution in [-0.2, 0) is 18.3 Å². The lowest BCUT2D eigenvalue weighted by atomic mass is 10.2. The number of hydrogen-bond donors (Lipinski definition) is 0. The van der Waals surface area contributed by atoms with Crippen LogP contribution >= 0.6 is 11.8 Å². The highest BCUT2D eigenvalue weighted by Gasteiger charge is 2.13. The number of Topliss-reactive ketones (excluding diaryl/α,β-unsaturated/α-hetero) is 1. The molecule has 0 aliphatic heterocycles. The van der Waals surface area contributed by atoms with E-state index in [2.05, 4.69) is 25.9 Å². The molecule has 1 rings (SSSR count). The molecule has 0 aliphatic carbocycles. The number of carbonyl (C=O) groups is 1. The third kappa shape index (κ3) is 5.02. The van der Waals surface area contributed by atoms with Gasteiger partial charge in [-0.05, 0) is 5.56 Å². The second-order valence-corrected chi connectivity index (χ2v) is 6.44. The van der Waals surface area contributed by atoms with E-state index >= 15 is 0 Å². The third-order valence-corrected chi connectivity index (χ3v) is 3.16. The molecule has 0 fully saturated rings. The highest BCUT2D eigenvalue weighted by Crippen LogP contribution is 2.23. The maximum Gasteiger partial charge on any atom is 0.147 e. The molecule has 0 aliphatic rings. The minimum Gasteiger partial charge on any atom is -0.298 e. The maximum atomic E-state index is 11.6. The highest BCUT2D eigenvalue weighted by atomic mass is 32.2. The van der Waals surface area contributed by atoms with Gasteiger partial charge in [-0.15, -0.1) is 11.8 Å². The van der Waals surface area contributed by atoms with Crippen molar-refractivity contribution >= 4 is 17.5 Å². The number of aryl methyl sites for hydroxylation is 1. The first-order chi connectivity index (χ1) is 6.87. The van der Waals surface area contributed by atoms with Crippen molar-refractivity contribution in [2.45, 2.75) is 31.9 Å². The number of rotatable bonds is 4. The second kappa shape index (κ2) is 4.84. The Morgan fingerprint density at radius 3 is 2.67 bits per heavy atom. The summed E-state index contributed by atoms with van der Waals surface area (Å²) in [5, 5.41) is 4.04. The van der Waals surface area contributed by atoms with Crippen LogP contribution in [0.4, 0.5) is 0 Å². The zero-order valence-electron chi connectivity index (χ0n) is 9.78. The smallest absolute Gasteiger partial charge is 0.147 e. The third-order valence-electron chi connectivity index (χ3n) is 1.83. The summed E-state index contributed by atoms with van der Waals surface area (Å²) in [6, 6.07) is 0. The molecule has 0 N–H and O–H groups in total. The van der Waals surface area contributed by atoms with Crippen LogP contribution < -0.4 is 0 Å². The van der Waals surface area contributed by atoms with Crippen molar-refractivity contribution in [2.24, 2.45) is 7.05 Å². The van der Waals surface area contributed by atoms with E-state index in [0.717, 1.165) is 5.56 Å². The molecule has 1 aromatic rings. The van der Waals surface area contributed by atoms with E-state index in [0.29, 0.717) is 12.2 Å². The number of hydrogen-bond acceptors (Lipinski definition) is 3. The molecule has 0 unspecified atom stereocenters. The van der Waals surface area contributed by atoms with E-state index in [9.17, 15) is 4.79 Å². The first-order valence-corrected chi connectivity index (χ1v) is 5.98. The van der Waals surface area contributed by atoms with Gasteiger partial charge in [-0.1, -0.05) is 20.8 Å². The quantitative estimate of drug-likeness (QED) is 0.788. The van der Waals surface area contributed by atoms with Gasteiger partial charge < -0.3 is 0 Å². The minimum atomic E-state index is 0.157. The van der Waals surface area contributed by atoms with Crippen molar-refractivity contribution in [3.63, 3.8) is 0 Å². The largest absolute Gasteiger partial charge is 0.298 e. The van der Waals surface area contributed by atoms with Crippen LogP contribution in [0.2, 0.25) is 0 Å². The fourth-order valence-electron chi connectivity index (χ4n) is 1.14. The molecule has 0 saturated heterocycles. The molecular weight excluding hydrogens is 208 g/mol. The van der Waals surface area contributed by atoms with E-state index in [-0.39, 0.29) is 10.5 Å². The van der Waals surface area contributed by atoms with Crippen LogP contribution in [0.1, 0.15) is 26.3 Å². The Kier molecular flexibility index (Phi) is 3.97. The van der Waals surface area contributed by atoms with Crippen molar-refractivity contribution in [2.75, 3.05) is 5.75 Å². The van der Waals surface area contributed by atoms with Crippen LogP contribution in [0.15, 0.2) is 12.4 Å². The molecular formula is C11H18N2OS. The Morgan fingerprint density at radius 1 is 1.53 bits per heavy atom. The van der Waals surface area contributed by atoms with Crippen molar-refractivity contribution in [1.82, 2.24) is 9.78 Å². The average molecular weight is 226 g/mol. The Hall–Kier alpha value is -0.770. The Morgan fingerprint density at radius 2 is 2.20 bits per heavy atom. The summed E-state index contributed by atoms with van der Waals surface area (Å²) in [4.78, 5) is 11.6. The van der Waals surface area contributed by atoms with Crippen molar-refractivity contribution < 1.29 is 4.79 Å². The number of aromatic nitrogens is 2. The number of thioether (sulfide) groups is 1. The van der Waals surface area contributed by atoms with E-state index in [1.54, 1.807) is 22.6 Å². The molecule has 0 bridgehead atoms. The van der Waals surface area contributed by atoms with Crippen LogP contribution in [-0.4, -0.2) is 26.1 Å². The van der Waals surface area contributed by atoms with Gasteiger partial charge in [0.1, 0.15) is 5.78 Å². The summed E-state index contributed by atoms with van der Waals surface area (Å²) in [6.45, 7) is 6.36. The predicted octanol–water partition coefficient (Wildman–Crippen LogP) is 2.06. The predicted molar refractivity (Wildman–Crippen MR) is 64.1 cm³/mol. The molecule has 0 amide bonds. The molecule has 3 nitrogen and oxygen atoms in total. The van der Waals surface area contributed by atoms with Crippen molar-refractivity contribution in [3.8, 4) is 0 Å². The monoisotopic (exact) mass is 226 g/mol. The van der Waals surface area contributed by atoms with Crippen molar-refractivity contribution in [3.05, 3.63) is 18.0 Å². The molecule has 0 spiro atoms. The highest BCUT2D eigenvalue weighted by molar-refractivity contribution is 8.01. The van der Waals surface area contributed by atoms with Gasteiger partial charge in [0.15, 0.2) is 0 Å². The molecule has 4 heteroatoms. The average Bonchev–Trinajstić information content (AvgIpc) is 2.47. The molecule has 84 valence electrons. The van der Waals surface area contributed by atoms with Crippen molar-refractivity contribution in [1.29, 1.82) is 0 Å². The zero-order valence-corrected chi connectivity index (χ0v) is 10.6. The Balaban J connectivity index is 2.37. The maximum absolute atomic E-state index is 11.6. The van der Waals surface area contributed by atoms with Gasteiger partial charge >= 0.3 is 0 Å². The van der Waals surface area contributed by atoms with Crippen LogP contribution in [0.3, 0.4) is 0 Å². The molecule has 0 saturated carbocycles. The Bertz CT molecular complexity index is 339. The molecule has 0 aromatic carbocycles. The van der Waals surface area contributed by atoms with Crippen LogP contribution in [0, 0.1) is 0 Å². The normalized spacial score (nSPS) is 11.7. The summed E-state index contributed by atoms with van der Waals surface area (Å²) >= 11 is 1.69. The van der Waals surface area contributed by atoms with E-state index in [4.69, 9.17) is 0 Å². The van der Waals surface area contributed by atoms with E-state index in [1.165, 1.54) is 0 Å². The summed E-state index contributed by atoms with van der Waals surface area (Å²) in [7, 11) is 1.86. The molecule has 0 atom stereocenters. The summed E-state index contributed by atoms with van der Waals surface area (Å²) in [6.07, 6.45) is 4.14. The lowest BCUT2D eigenvalue weighted by molar-refractivity contribution is -0.116. The molecule has 15 heavy (non-hydrogen) atoms. The summed E-state index contributed by atoms with van der Waals surface area (Å²) in [5.74, 6) is 0.848. The number of nitrogens with zero attached hydrogens (tertiary/aromatic N) is 2. The second-order valence-electron chi connectivity index (χ2n) is 4.64. The summed E-state index contributed by atoms with van der Waals surface area (Å²) in [5.41, 5.74) is 0.997. The lowest BCUT2D eigenvalue weighted by Gasteiger charge is -2.16. The van der Waals surface area contributed by atoms with E-state index in [1.807, 2.05) is 13.2 Å². The van der Waals surface area contributed by atoms with Crippen LogP contribution in [0.25, 0.3) is 0 Å². The fourth-order valence-corrected chi connectivity index (χ4v) is 1.83. The molecule has 0 radical (unpaired) electrons. The fraction of sp³-hybridized carbons (Fsp3) is 0.636. The van der Waals surface area contributed by atoms with Gasteiger partial charge in [-0.3, -0.25) is 9.48 Å². The van der Waals surface area contributed by atoms with Gasteiger partial charge in [0.2, 0.25) is 0 Å². The molecule has 1 heterocycles. The van der Waals surface area contributed by atoms with Gasteiger partial charge in [-0.25, -0.2) is 0 Å². The van der Waals surface area contributed by atoms with Gasteiger partial charge in [0.05, 0.1) is 11.9 Å². The topological polar surface area (TPSA) is 34.9 Å². The minimum absolute atomic E-state index is 0.157. The number of ketones is 1. The zero-order chi connectivity index (χ0) is 11.5. The standard InChI is InChI=1S/C11H18N2OS/c1-11(2,3)15-8-10(14)5-9-6-12-13(4)7-9/h6-7H,5,8H2,1-4H3. The SMILES string of the molecule is Cn1cc(CC(=O)CSC(C)(C)C)cn1. The van der Waals surface area contributed by atoms with Gasteiger partial charge in [-0.2, -0.15) is 5.10 Å². The van der Waals surface area contributed by atoms with E-state index < -0.39 is 0 Å². The van der Waals surface area contributed by atoms with Gasteiger partial charge in [0, 0.05) is 24.4 Å². The lowest BCUT2D eigenvalue weighted by Crippen LogP contribution is -2.14.